The molecule has 1 aliphatic heterocycles. The van der Waals surface area contributed by atoms with Gasteiger partial charge in [-0.2, -0.15) is 4.98 Å². The highest BCUT2D eigenvalue weighted by Gasteiger charge is 2.35. The fraction of sp³-hybridized carbons (Fsp3) is 0.524. The monoisotopic (exact) mass is 420 g/mol. The molecule has 1 amide bonds. The maximum atomic E-state index is 13.3. The molecule has 4 rings (SSSR count). The van der Waals surface area contributed by atoms with Crippen molar-refractivity contribution in [1.82, 2.24) is 14.9 Å². The SMILES string of the molecule is Cc1cn(C(=O)NC2CCC(F)(F)CC2)c(Oc2ccc(N3CCOCC3)cc2)n1. The van der Waals surface area contributed by atoms with Crippen molar-refractivity contribution in [3.05, 3.63) is 36.2 Å². The van der Waals surface area contributed by atoms with Crippen LogP contribution in [0.5, 0.6) is 11.8 Å². The van der Waals surface area contributed by atoms with Crippen molar-refractivity contribution >= 4 is 11.7 Å². The summed E-state index contributed by atoms with van der Waals surface area (Å²) < 4.78 is 39.2. The van der Waals surface area contributed by atoms with E-state index >= 15 is 0 Å². The summed E-state index contributed by atoms with van der Waals surface area (Å²) >= 11 is 0. The van der Waals surface area contributed by atoms with Crippen molar-refractivity contribution in [2.24, 2.45) is 0 Å². The number of amides is 1. The number of rotatable bonds is 4. The highest BCUT2D eigenvalue weighted by molar-refractivity contribution is 5.78. The number of anilines is 1. The largest absolute Gasteiger partial charge is 0.425 e. The summed E-state index contributed by atoms with van der Waals surface area (Å²) in [6.07, 6.45) is 1.67. The van der Waals surface area contributed by atoms with Crippen LogP contribution in [0.1, 0.15) is 31.4 Å². The van der Waals surface area contributed by atoms with Crippen molar-refractivity contribution in [1.29, 1.82) is 0 Å². The summed E-state index contributed by atoms with van der Waals surface area (Å²) in [5.74, 6) is -2.07. The number of halogens is 2. The molecule has 1 saturated heterocycles. The van der Waals surface area contributed by atoms with E-state index in [9.17, 15) is 13.6 Å². The van der Waals surface area contributed by atoms with Gasteiger partial charge in [-0.1, -0.05) is 0 Å². The Kier molecular flexibility index (Phi) is 5.90. The first kappa shape index (κ1) is 20.6. The number of nitrogens with one attached hydrogen (secondary N) is 1. The maximum absolute atomic E-state index is 13.3. The lowest BCUT2D eigenvalue weighted by atomic mass is 9.92. The van der Waals surface area contributed by atoms with E-state index in [2.05, 4.69) is 15.2 Å². The van der Waals surface area contributed by atoms with Crippen LogP contribution < -0.4 is 15.0 Å². The molecule has 0 spiro atoms. The summed E-state index contributed by atoms with van der Waals surface area (Å²) in [6, 6.07) is 7.03. The van der Waals surface area contributed by atoms with Gasteiger partial charge in [-0.05, 0) is 44.0 Å². The molecular formula is C21H26F2N4O3. The van der Waals surface area contributed by atoms with Gasteiger partial charge in [0.15, 0.2) is 0 Å². The molecule has 1 aromatic heterocycles. The van der Waals surface area contributed by atoms with Crippen LogP contribution >= 0.6 is 0 Å². The summed E-state index contributed by atoms with van der Waals surface area (Å²) in [7, 11) is 0. The highest BCUT2D eigenvalue weighted by Crippen LogP contribution is 2.33. The number of nitrogens with zero attached hydrogens (tertiary/aromatic N) is 3. The lowest BCUT2D eigenvalue weighted by Crippen LogP contribution is -2.42. The first-order valence-electron chi connectivity index (χ1n) is 10.2. The van der Waals surface area contributed by atoms with E-state index < -0.39 is 12.0 Å². The number of ether oxygens (including phenoxy) is 2. The molecule has 0 unspecified atom stereocenters. The van der Waals surface area contributed by atoms with Gasteiger partial charge in [-0.3, -0.25) is 0 Å². The number of hydrogen-bond acceptors (Lipinski definition) is 5. The number of benzene rings is 1. The normalized spacial score (nSPS) is 19.5. The van der Waals surface area contributed by atoms with Crippen LogP contribution in [0.3, 0.4) is 0 Å². The second-order valence-corrected chi connectivity index (χ2v) is 7.81. The van der Waals surface area contributed by atoms with Crippen molar-refractivity contribution in [3.8, 4) is 11.8 Å². The number of morpholine rings is 1. The van der Waals surface area contributed by atoms with Gasteiger partial charge < -0.3 is 19.7 Å². The topological polar surface area (TPSA) is 68.6 Å². The minimum atomic E-state index is -2.63. The second kappa shape index (κ2) is 8.59. The molecule has 7 nitrogen and oxygen atoms in total. The molecule has 0 atom stereocenters. The highest BCUT2D eigenvalue weighted by atomic mass is 19.3. The molecule has 162 valence electrons. The van der Waals surface area contributed by atoms with Crippen molar-refractivity contribution in [3.63, 3.8) is 0 Å². The van der Waals surface area contributed by atoms with E-state index in [-0.39, 0.29) is 37.7 Å². The summed E-state index contributed by atoms with van der Waals surface area (Å²) in [5, 5.41) is 2.82. The summed E-state index contributed by atoms with van der Waals surface area (Å²) in [6.45, 7) is 4.87. The number of imidazole rings is 1. The van der Waals surface area contributed by atoms with Crippen molar-refractivity contribution < 1.29 is 23.0 Å². The van der Waals surface area contributed by atoms with Crippen LogP contribution in [0.2, 0.25) is 0 Å². The molecule has 2 heterocycles. The fourth-order valence-corrected chi connectivity index (χ4v) is 3.77. The summed E-state index contributed by atoms with van der Waals surface area (Å²) in [4.78, 5) is 19.2. The Hall–Kier alpha value is -2.68. The number of alkyl halides is 2. The van der Waals surface area contributed by atoms with Gasteiger partial charge >= 0.3 is 12.0 Å². The minimum Gasteiger partial charge on any atom is -0.425 e. The number of hydrogen-bond donors (Lipinski definition) is 1. The number of aromatic nitrogens is 2. The van der Waals surface area contributed by atoms with E-state index in [4.69, 9.17) is 9.47 Å². The lowest BCUT2D eigenvalue weighted by Gasteiger charge is -2.29. The molecule has 2 fully saturated rings. The Morgan fingerprint density at radius 2 is 1.87 bits per heavy atom. The quantitative estimate of drug-likeness (QED) is 0.811. The Bertz CT molecular complexity index is 869. The predicted octanol–water partition coefficient (Wildman–Crippen LogP) is 3.96. The zero-order valence-corrected chi connectivity index (χ0v) is 16.9. The number of aryl methyl sites for hydroxylation is 1. The van der Waals surface area contributed by atoms with Gasteiger partial charge in [-0.15, -0.1) is 0 Å². The van der Waals surface area contributed by atoms with E-state index in [1.807, 2.05) is 24.3 Å². The third-order valence-electron chi connectivity index (χ3n) is 5.48. The van der Waals surface area contributed by atoms with Crippen molar-refractivity contribution in [2.75, 3.05) is 31.2 Å². The second-order valence-electron chi connectivity index (χ2n) is 7.81. The standard InChI is InChI=1S/C21H26F2N4O3/c1-15-14-27(19(28)25-16-6-8-21(22,23)9-7-16)20(24-15)30-18-4-2-17(3-5-18)26-10-12-29-13-11-26/h2-5,14,16H,6-13H2,1H3,(H,25,28). The molecule has 1 N–H and O–H groups in total. The molecule has 30 heavy (non-hydrogen) atoms. The Morgan fingerprint density at radius 1 is 1.20 bits per heavy atom. The third kappa shape index (κ3) is 4.89. The molecule has 9 heteroatoms. The zero-order valence-electron chi connectivity index (χ0n) is 16.9. The summed E-state index contributed by atoms with van der Waals surface area (Å²) in [5.41, 5.74) is 1.71. The van der Waals surface area contributed by atoms with Crippen LogP contribution in [0, 0.1) is 6.92 Å². The van der Waals surface area contributed by atoms with E-state index in [1.54, 1.807) is 13.1 Å². The Morgan fingerprint density at radius 3 is 2.53 bits per heavy atom. The fourth-order valence-electron chi connectivity index (χ4n) is 3.77. The smallest absolute Gasteiger partial charge is 0.329 e. The van der Waals surface area contributed by atoms with Gasteiger partial charge in [0.2, 0.25) is 5.92 Å². The van der Waals surface area contributed by atoms with Gasteiger partial charge in [-0.25, -0.2) is 18.1 Å². The van der Waals surface area contributed by atoms with E-state index in [0.717, 1.165) is 18.8 Å². The molecule has 1 aliphatic carbocycles. The first-order chi connectivity index (χ1) is 14.4. The zero-order chi connectivity index (χ0) is 21.1. The van der Waals surface area contributed by atoms with Crippen LogP contribution in [-0.4, -0.2) is 53.8 Å². The van der Waals surface area contributed by atoms with E-state index in [0.29, 0.717) is 24.7 Å². The average molecular weight is 420 g/mol. The van der Waals surface area contributed by atoms with Gasteiger partial charge in [0.25, 0.3) is 0 Å². The van der Waals surface area contributed by atoms with Crippen molar-refractivity contribution in [2.45, 2.75) is 44.6 Å². The Labute approximate surface area is 174 Å². The first-order valence-corrected chi connectivity index (χ1v) is 10.2. The maximum Gasteiger partial charge on any atom is 0.329 e. The molecule has 1 aromatic carbocycles. The molecule has 2 aromatic rings. The van der Waals surface area contributed by atoms with Crippen LogP contribution in [0.25, 0.3) is 0 Å². The molecule has 0 bridgehead atoms. The predicted molar refractivity (Wildman–Crippen MR) is 108 cm³/mol. The lowest BCUT2D eigenvalue weighted by molar-refractivity contribution is -0.0395. The third-order valence-corrected chi connectivity index (χ3v) is 5.48. The van der Waals surface area contributed by atoms with Gasteiger partial charge in [0.05, 0.1) is 18.9 Å². The average Bonchev–Trinajstić information content (AvgIpc) is 3.11. The minimum absolute atomic E-state index is 0.144. The Balaban J connectivity index is 1.41. The molecule has 1 saturated carbocycles. The van der Waals surface area contributed by atoms with Crippen LogP contribution in [0.15, 0.2) is 30.5 Å². The molecular weight excluding hydrogens is 394 g/mol. The molecule has 0 radical (unpaired) electrons. The van der Waals surface area contributed by atoms with Crippen LogP contribution in [0.4, 0.5) is 19.3 Å². The van der Waals surface area contributed by atoms with E-state index in [1.165, 1.54) is 4.57 Å². The van der Waals surface area contributed by atoms with Crippen LogP contribution in [-0.2, 0) is 4.74 Å². The number of carbonyl (C=O) groups excluding carboxylic acids is 1. The number of carbonyl (C=O) groups is 1. The molecule has 2 aliphatic rings. The van der Waals surface area contributed by atoms with Gasteiger partial charge in [0.1, 0.15) is 5.75 Å². The van der Waals surface area contributed by atoms with Gasteiger partial charge in [0, 0.05) is 43.9 Å².